The zero-order valence-electron chi connectivity index (χ0n) is 20.1. The SMILES string of the molecule is O=C(O)CC(C(=O)O)S(=O)(=O)O.[CH2-]COCCCCCCCCCCCCCCCC.[K+]. The Bertz CT molecular complexity index is 524. The van der Waals surface area contributed by atoms with Crippen molar-refractivity contribution in [2.45, 2.75) is 108 Å². The Morgan fingerprint density at radius 1 is 0.812 bits per heavy atom. The Hall–Kier alpha value is 0.446. The van der Waals surface area contributed by atoms with Crippen LogP contribution in [-0.2, 0) is 24.4 Å². The topological polar surface area (TPSA) is 138 Å². The summed E-state index contributed by atoms with van der Waals surface area (Å²) in [6, 6.07) is 0. The van der Waals surface area contributed by atoms with Gasteiger partial charge in [-0.2, -0.15) is 8.42 Å². The van der Waals surface area contributed by atoms with E-state index in [1.54, 1.807) is 0 Å². The average molecular weight is 507 g/mol. The summed E-state index contributed by atoms with van der Waals surface area (Å²) in [6.07, 6.45) is 18.6. The minimum Gasteiger partial charge on any atom is -0.481 e. The monoisotopic (exact) mass is 506 g/mol. The van der Waals surface area contributed by atoms with Crippen LogP contribution in [0.2, 0.25) is 0 Å². The van der Waals surface area contributed by atoms with Crippen molar-refractivity contribution >= 4 is 22.1 Å². The number of rotatable bonds is 20. The van der Waals surface area contributed by atoms with Crippen LogP contribution >= 0.6 is 0 Å². The van der Waals surface area contributed by atoms with E-state index < -0.39 is 33.7 Å². The molecule has 0 amide bonds. The van der Waals surface area contributed by atoms with Crippen LogP contribution in [0.25, 0.3) is 0 Å². The van der Waals surface area contributed by atoms with Crippen molar-refractivity contribution in [3.63, 3.8) is 0 Å². The quantitative estimate of drug-likeness (QED) is 0.0988. The number of hydrogen-bond donors (Lipinski definition) is 3. The Morgan fingerprint density at radius 2 is 1.19 bits per heavy atom. The van der Waals surface area contributed by atoms with Crippen molar-refractivity contribution in [1.82, 2.24) is 0 Å². The van der Waals surface area contributed by atoms with E-state index in [0.29, 0.717) is 6.61 Å². The second-order valence-electron chi connectivity index (χ2n) is 7.65. The fourth-order valence-corrected chi connectivity index (χ4v) is 3.59. The summed E-state index contributed by atoms with van der Waals surface area (Å²) in [5, 5.41) is 13.9. The van der Waals surface area contributed by atoms with Crippen LogP contribution in [0.15, 0.2) is 0 Å². The fraction of sp³-hybridized carbons (Fsp3) is 0.864. The van der Waals surface area contributed by atoms with E-state index in [-0.39, 0.29) is 51.4 Å². The molecule has 186 valence electrons. The van der Waals surface area contributed by atoms with Crippen molar-refractivity contribution in [2.24, 2.45) is 0 Å². The number of aliphatic carboxylic acids is 2. The number of carboxylic acids is 2. The van der Waals surface area contributed by atoms with Gasteiger partial charge < -0.3 is 21.9 Å². The van der Waals surface area contributed by atoms with Gasteiger partial charge in [-0.25, -0.2) is 0 Å². The summed E-state index contributed by atoms with van der Waals surface area (Å²) in [4.78, 5) is 20.0. The van der Waals surface area contributed by atoms with E-state index >= 15 is 0 Å². The summed E-state index contributed by atoms with van der Waals surface area (Å²) >= 11 is 0. The predicted molar refractivity (Wildman–Crippen MR) is 122 cm³/mol. The average Bonchev–Trinajstić information content (AvgIpc) is 2.68. The van der Waals surface area contributed by atoms with E-state index in [0.717, 1.165) is 6.61 Å². The third kappa shape index (κ3) is 28.5. The van der Waals surface area contributed by atoms with Crippen molar-refractivity contribution in [3.05, 3.63) is 6.92 Å². The summed E-state index contributed by atoms with van der Waals surface area (Å²) < 4.78 is 33.9. The van der Waals surface area contributed by atoms with Crippen LogP contribution in [0, 0.1) is 6.92 Å². The molecule has 0 aromatic rings. The standard InChI is InChI=1S/C18H37O.C4H6O7S.K/c1-3-5-6-7-8-9-10-11-12-13-14-15-16-17-18-19-4-2;5-3(6)1-2(4(7)8)12(9,10)11;/h2-18H2,1H3;2H,1H2,(H,5,6)(H,7,8)(H,9,10,11);/q-1;;+1. The number of carboxylic acid groups (broad SMARTS) is 2. The summed E-state index contributed by atoms with van der Waals surface area (Å²) in [7, 11) is -4.84. The van der Waals surface area contributed by atoms with Crippen LogP contribution in [0.1, 0.15) is 103 Å². The molecule has 0 saturated heterocycles. The molecule has 10 heteroatoms. The molecule has 0 fully saturated rings. The number of carbonyl (C=O) groups is 2. The van der Waals surface area contributed by atoms with E-state index in [1.165, 1.54) is 89.9 Å². The van der Waals surface area contributed by atoms with Crippen LogP contribution in [-0.4, -0.2) is 53.6 Å². The van der Waals surface area contributed by atoms with Gasteiger partial charge in [-0.3, -0.25) is 14.1 Å². The molecule has 1 atom stereocenters. The maximum Gasteiger partial charge on any atom is 1.00 e. The molecule has 0 rings (SSSR count). The molecule has 0 aromatic carbocycles. The van der Waals surface area contributed by atoms with E-state index in [1.807, 2.05) is 0 Å². The van der Waals surface area contributed by atoms with Crippen LogP contribution in [0.3, 0.4) is 0 Å². The van der Waals surface area contributed by atoms with E-state index in [2.05, 4.69) is 13.8 Å². The molecule has 0 aliphatic carbocycles. The van der Waals surface area contributed by atoms with Crippen molar-refractivity contribution in [3.8, 4) is 0 Å². The first-order valence-electron chi connectivity index (χ1n) is 11.4. The van der Waals surface area contributed by atoms with Gasteiger partial charge in [0.2, 0.25) is 0 Å². The van der Waals surface area contributed by atoms with Crippen molar-refractivity contribution in [2.75, 3.05) is 13.2 Å². The maximum absolute atomic E-state index is 10.2. The third-order valence-electron chi connectivity index (χ3n) is 4.78. The Morgan fingerprint density at radius 3 is 1.44 bits per heavy atom. The maximum atomic E-state index is 10.2. The summed E-state index contributed by atoms with van der Waals surface area (Å²) in [6.45, 7) is 7.48. The molecule has 0 aromatic heterocycles. The number of hydrogen-bond acceptors (Lipinski definition) is 5. The molecule has 1 unspecified atom stereocenters. The van der Waals surface area contributed by atoms with E-state index in [4.69, 9.17) is 19.5 Å². The molecule has 0 radical (unpaired) electrons. The molecule has 0 heterocycles. The first-order valence-corrected chi connectivity index (χ1v) is 12.9. The van der Waals surface area contributed by atoms with Gasteiger partial charge in [0.05, 0.1) is 6.42 Å². The summed E-state index contributed by atoms with van der Waals surface area (Å²) in [5.74, 6) is -3.50. The first kappa shape index (κ1) is 37.0. The predicted octanol–water partition coefficient (Wildman–Crippen LogP) is 2.12. The van der Waals surface area contributed by atoms with Gasteiger partial charge in [-0.15, -0.1) is 0 Å². The Balaban J connectivity index is -0.000000561. The van der Waals surface area contributed by atoms with Gasteiger partial charge in [0.25, 0.3) is 10.1 Å². The molecule has 0 bridgehead atoms. The zero-order chi connectivity index (χ0) is 24.0. The third-order valence-corrected chi connectivity index (χ3v) is 5.87. The van der Waals surface area contributed by atoms with Gasteiger partial charge >= 0.3 is 63.3 Å². The second kappa shape index (κ2) is 26.1. The van der Waals surface area contributed by atoms with Gasteiger partial charge in [0, 0.05) is 6.61 Å². The molecule has 0 aliphatic rings. The molecule has 32 heavy (non-hydrogen) atoms. The number of ether oxygens (including phenoxy) is 1. The minimum atomic E-state index is -4.84. The second-order valence-corrected chi connectivity index (χ2v) is 9.25. The molecule has 0 spiro atoms. The largest absolute Gasteiger partial charge is 1.00 e. The molecule has 3 N–H and O–H groups in total. The van der Waals surface area contributed by atoms with Crippen LogP contribution < -0.4 is 51.4 Å². The smallest absolute Gasteiger partial charge is 0.481 e. The molecule has 0 aliphatic heterocycles. The van der Waals surface area contributed by atoms with Crippen LogP contribution in [0.5, 0.6) is 0 Å². The Kier molecular flexibility index (Phi) is 30.1. The van der Waals surface area contributed by atoms with Crippen molar-refractivity contribution in [1.29, 1.82) is 0 Å². The fourth-order valence-electron chi connectivity index (χ4n) is 2.98. The van der Waals surface area contributed by atoms with Crippen LogP contribution in [0.4, 0.5) is 0 Å². The number of unbranched alkanes of at least 4 members (excludes halogenated alkanes) is 13. The molecule has 0 saturated carbocycles. The van der Waals surface area contributed by atoms with E-state index in [9.17, 15) is 18.0 Å². The summed E-state index contributed by atoms with van der Waals surface area (Å²) in [5.41, 5.74) is 0. The zero-order valence-corrected chi connectivity index (χ0v) is 24.0. The molecular weight excluding hydrogens is 463 g/mol. The minimum absolute atomic E-state index is 0. The Labute approximate surface area is 237 Å². The van der Waals surface area contributed by atoms with Crippen molar-refractivity contribution < 1.29 is 88.9 Å². The normalized spacial score (nSPS) is 11.7. The first-order chi connectivity index (χ1) is 14.7. The van der Waals surface area contributed by atoms with Gasteiger partial charge in [-0.1, -0.05) is 97.0 Å². The molecular formula is C22H43KO8S. The molecule has 8 nitrogen and oxygen atoms in total. The van der Waals surface area contributed by atoms with Gasteiger partial charge in [-0.05, 0) is 6.42 Å². The van der Waals surface area contributed by atoms with Gasteiger partial charge in [0.15, 0.2) is 5.25 Å². The van der Waals surface area contributed by atoms with Gasteiger partial charge in [0.1, 0.15) is 0 Å².